The molecule has 1 atom stereocenters. The number of hydrogen-bond donors (Lipinski definition) is 2. The minimum Gasteiger partial charge on any atom is -0.319 e. The van der Waals surface area contributed by atoms with Gasteiger partial charge in [-0.05, 0) is 38.4 Å². The number of para-hydroxylation sites is 1. The Hall–Kier alpha value is -2.07. The summed E-state index contributed by atoms with van der Waals surface area (Å²) in [5.41, 5.74) is 3.57. The van der Waals surface area contributed by atoms with E-state index in [1.807, 2.05) is 44.3 Å². The first-order chi connectivity index (χ1) is 10.5. The van der Waals surface area contributed by atoms with Crippen molar-refractivity contribution in [3.63, 3.8) is 0 Å². The molecule has 22 heavy (non-hydrogen) atoms. The number of allylic oxidation sites excluding steroid dienone is 1. The van der Waals surface area contributed by atoms with Gasteiger partial charge in [0.2, 0.25) is 0 Å². The van der Waals surface area contributed by atoms with E-state index in [0.717, 1.165) is 29.8 Å². The Labute approximate surface area is 131 Å². The van der Waals surface area contributed by atoms with Crippen molar-refractivity contribution in [1.29, 1.82) is 0 Å². The van der Waals surface area contributed by atoms with Crippen molar-refractivity contribution in [3.8, 4) is 0 Å². The number of carbonyl (C=O) groups excluding carboxylic acids is 1. The Morgan fingerprint density at radius 2 is 2.18 bits per heavy atom. The number of benzene rings is 1. The van der Waals surface area contributed by atoms with E-state index < -0.39 is 0 Å². The maximum absolute atomic E-state index is 12.4. The molecule has 1 fully saturated rings. The second-order valence-corrected chi connectivity index (χ2v) is 6.36. The highest BCUT2D eigenvalue weighted by molar-refractivity contribution is 6.12. The average molecular weight is 297 g/mol. The first-order valence-electron chi connectivity index (χ1n) is 7.74. The number of nitrogens with zero attached hydrogens (tertiary/aromatic N) is 1. The fourth-order valence-corrected chi connectivity index (χ4v) is 3.21. The van der Waals surface area contributed by atoms with E-state index >= 15 is 0 Å². The van der Waals surface area contributed by atoms with Crippen LogP contribution < -0.4 is 15.5 Å². The smallest absolute Gasteiger partial charge is 0.271 e. The van der Waals surface area contributed by atoms with Gasteiger partial charge in [0.05, 0.1) is 17.5 Å². The molecule has 2 aliphatic rings. The standard InChI is InChI=1S/C18H23N3O/c1-5-7-13-8-6-9-14-15(13)20-16(22)12(2)21(14)17(19-4)18(3)10-11-18/h5-9,17,19H,2,10-11H2,1,3-4H3,(H,20,22)/b7-5+. The maximum Gasteiger partial charge on any atom is 0.271 e. The Morgan fingerprint density at radius 3 is 2.77 bits per heavy atom. The summed E-state index contributed by atoms with van der Waals surface area (Å²) < 4.78 is 0. The summed E-state index contributed by atoms with van der Waals surface area (Å²) in [7, 11) is 1.95. The van der Waals surface area contributed by atoms with Crippen LogP contribution in [0.1, 0.15) is 32.3 Å². The van der Waals surface area contributed by atoms with Crippen LogP contribution in [0.2, 0.25) is 0 Å². The number of hydrogen-bond acceptors (Lipinski definition) is 3. The van der Waals surface area contributed by atoms with Gasteiger partial charge in [0.25, 0.3) is 5.91 Å². The van der Waals surface area contributed by atoms with E-state index in [-0.39, 0.29) is 17.5 Å². The molecule has 0 spiro atoms. The van der Waals surface area contributed by atoms with Gasteiger partial charge < -0.3 is 10.2 Å². The molecule has 116 valence electrons. The van der Waals surface area contributed by atoms with Crippen LogP contribution in [0.4, 0.5) is 11.4 Å². The average Bonchev–Trinajstić information content (AvgIpc) is 3.23. The summed E-state index contributed by atoms with van der Waals surface area (Å²) in [6.45, 7) is 8.25. The van der Waals surface area contributed by atoms with Crippen LogP contribution in [0.25, 0.3) is 6.08 Å². The molecule has 0 radical (unpaired) electrons. The summed E-state index contributed by atoms with van der Waals surface area (Å²) in [5, 5.41) is 6.37. The number of nitrogens with one attached hydrogen (secondary N) is 2. The molecule has 1 amide bonds. The minimum atomic E-state index is -0.131. The van der Waals surface area contributed by atoms with E-state index in [9.17, 15) is 4.79 Å². The van der Waals surface area contributed by atoms with Crippen LogP contribution in [-0.4, -0.2) is 19.1 Å². The van der Waals surface area contributed by atoms with Crippen LogP contribution >= 0.6 is 0 Å². The van der Waals surface area contributed by atoms with E-state index in [1.165, 1.54) is 0 Å². The molecular formula is C18H23N3O. The van der Waals surface area contributed by atoms with Crippen molar-refractivity contribution in [1.82, 2.24) is 5.32 Å². The molecule has 4 nitrogen and oxygen atoms in total. The quantitative estimate of drug-likeness (QED) is 0.838. The van der Waals surface area contributed by atoms with Gasteiger partial charge in [-0.25, -0.2) is 0 Å². The predicted octanol–water partition coefficient (Wildman–Crippen LogP) is 3.34. The molecular weight excluding hydrogens is 274 g/mol. The molecule has 1 aliphatic heterocycles. The first kappa shape index (κ1) is 14.9. The molecule has 0 aromatic heterocycles. The van der Waals surface area contributed by atoms with Gasteiger partial charge in [-0.15, -0.1) is 0 Å². The molecule has 3 rings (SSSR count). The van der Waals surface area contributed by atoms with Crippen LogP contribution in [0, 0.1) is 5.41 Å². The lowest BCUT2D eigenvalue weighted by Crippen LogP contribution is -2.52. The molecule has 1 aliphatic carbocycles. The topological polar surface area (TPSA) is 44.4 Å². The third-order valence-corrected chi connectivity index (χ3v) is 4.70. The van der Waals surface area contributed by atoms with Crippen molar-refractivity contribution in [2.45, 2.75) is 32.9 Å². The molecule has 1 heterocycles. The van der Waals surface area contributed by atoms with Gasteiger partial charge >= 0.3 is 0 Å². The van der Waals surface area contributed by atoms with Crippen LogP contribution in [0.3, 0.4) is 0 Å². The maximum atomic E-state index is 12.4. The van der Waals surface area contributed by atoms with E-state index in [0.29, 0.717) is 5.70 Å². The van der Waals surface area contributed by atoms with Gasteiger partial charge in [-0.2, -0.15) is 0 Å². The molecule has 0 saturated heterocycles. The lowest BCUT2D eigenvalue weighted by molar-refractivity contribution is -0.113. The SMILES string of the molecule is C=C1C(=O)Nc2c(/C=C/C)cccc2N1C(NC)C1(C)CC1. The lowest BCUT2D eigenvalue weighted by Gasteiger charge is -2.41. The van der Waals surface area contributed by atoms with Crippen LogP contribution in [-0.2, 0) is 4.79 Å². The highest BCUT2D eigenvalue weighted by atomic mass is 16.2. The van der Waals surface area contributed by atoms with Gasteiger partial charge in [-0.1, -0.05) is 37.8 Å². The zero-order valence-corrected chi connectivity index (χ0v) is 13.4. The van der Waals surface area contributed by atoms with Crippen molar-refractivity contribution < 1.29 is 4.79 Å². The van der Waals surface area contributed by atoms with Gasteiger partial charge in [0, 0.05) is 5.41 Å². The monoisotopic (exact) mass is 297 g/mol. The molecule has 1 saturated carbocycles. The van der Waals surface area contributed by atoms with E-state index in [1.54, 1.807) is 0 Å². The molecule has 4 heteroatoms. The van der Waals surface area contributed by atoms with E-state index in [4.69, 9.17) is 0 Å². The van der Waals surface area contributed by atoms with E-state index in [2.05, 4.69) is 29.0 Å². The van der Waals surface area contributed by atoms with Gasteiger partial charge in [0.15, 0.2) is 0 Å². The summed E-state index contributed by atoms with van der Waals surface area (Å²) in [5.74, 6) is -0.131. The predicted molar refractivity (Wildman–Crippen MR) is 91.6 cm³/mol. The minimum absolute atomic E-state index is 0.0747. The molecule has 1 aromatic carbocycles. The fourth-order valence-electron chi connectivity index (χ4n) is 3.21. The zero-order valence-electron chi connectivity index (χ0n) is 13.4. The second-order valence-electron chi connectivity index (χ2n) is 6.36. The summed E-state index contributed by atoms with van der Waals surface area (Å²) in [6, 6.07) is 6.08. The summed E-state index contributed by atoms with van der Waals surface area (Å²) in [6.07, 6.45) is 6.39. The Balaban J connectivity index is 2.13. The highest BCUT2D eigenvalue weighted by Crippen LogP contribution is 2.52. The summed E-state index contributed by atoms with van der Waals surface area (Å²) in [4.78, 5) is 14.5. The van der Waals surface area contributed by atoms with Crippen molar-refractivity contribution in [2.24, 2.45) is 5.41 Å². The number of amides is 1. The summed E-state index contributed by atoms with van der Waals surface area (Å²) >= 11 is 0. The molecule has 1 aromatic rings. The second kappa shape index (κ2) is 5.29. The Kier molecular flexibility index (Phi) is 3.57. The Bertz CT molecular complexity index is 658. The van der Waals surface area contributed by atoms with Gasteiger partial charge in [-0.3, -0.25) is 10.1 Å². The normalized spacial score (nSPS) is 20.8. The number of anilines is 2. The van der Waals surface area contributed by atoms with Crippen molar-refractivity contribution in [3.05, 3.63) is 42.1 Å². The third kappa shape index (κ3) is 2.24. The van der Waals surface area contributed by atoms with Gasteiger partial charge in [0.1, 0.15) is 5.70 Å². The zero-order chi connectivity index (χ0) is 15.9. The number of rotatable bonds is 4. The van der Waals surface area contributed by atoms with Crippen LogP contribution in [0.5, 0.6) is 0 Å². The van der Waals surface area contributed by atoms with Crippen LogP contribution in [0.15, 0.2) is 36.6 Å². The first-order valence-corrected chi connectivity index (χ1v) is 7.74. The largest absolute Gasteiger partial charge is 0.319 e. The van der Waals surface area contributed by atoms with Crippen molar-refractivity contribution in [2.75, 3.05) is 17.3 Å². The molecule has 2 N–H and O–H groups in total. The molecule has 1 unspecified atom stereocenters. The molecule has 0 bridgehead atoms. The number of fused-ring (bicyclic) bond motifs is 1. The Morgan fingerprint density at radius 1 is 1.45 bits per heavy atom. The number of carbonyl (C=O) groups is 1. The fraction of sp³-hybridized carbons (Fsp3) is 0.389. The van der Waals surface area contributed by atoms with Crippen molar-refractivity contribution >= 4 is 23.4 Å². The third-order valence-electron chi connectivity index (χ3n) is 4.70. The lowest BCUT2D eigenvalue weighted by atomic mass is 9.99. The highest BCUT2D eigenvalue weighted by Gasteiger charge is 2.49.